The third-order valence-electron chi connectivity index (χ3n) is 6.63. The van der Waals surface area contributed by atoms with Crippen LogP contribution in [0.3, 0.4) is 0 Å². The van der Waals surface area contributed by atoms with Gasteiger partial charge in [-0.25, -0.2) is 0 Å². The Morgan fingerprint density at radius 1 is 1.07 bits per heavy atom. The van der Waals surface area contributed by atoms with Crippen LogP contribution in [0.25, 0.3) is 0 Å². The number of ether oxygens (including phenoxy) is 1. The molecule has 6 heteroatoms. The van der Waals surface area contributed by atoms with Gasteiger partial charge < -0.3 is 20.3 Å². The second-order valence-electron chi connectivity index (χ2n) is 8.49. The fourth-order valence-electron chi connectivity index (χ4n) is 4.70. The highest BCUT2D eigenvalue weighted by molar-refractivity contribution is 5.79. The monoisotopic (exact) mass is 401 g/mol. The summed E-state index contributed by atoms with van der Waals surface area (Å²) < 4.78 is 5.46. The van der Waals surface area contributed by atoms with E-state index >= 15 is 0 Å². The molecule has 6 nitrogen and oxygen atoms in total. The van der Waals surface area contributed by atoms with E-state index in [-0.39, 0.29) is 5.54 Å². The lowest BCUT2D eigenvalue weighted by atomic mass is 9.84. The van der Waals surface area contributed by atoms with Crippen LogP contribution >= 0.6 is 0 Å². The smallest absolute Gasteiger partial charge is 0.191 e. The molecule has 2 fully saturated rings. The van der Waals surface area contributed by atoms with Gasteiger partial charge in [0.2, 0.25) is 0 Å². The first-order chi connectivity index (χ1) is 14.2. The van der Waals surface area contributed by atoms with E-state index in [1.807, 2.05) is 19.2 Å². The molecule has 1 aromatic carbocycles. The van der Waals surface area contributed by atoms with Crippen molar-refractivity contribution in [3.8, 4) is 5.75 Å². The van der Waals surface area contributed by atoms with Gasteiger partial charge in [0.25, 0.3) is 0 Å². The summed E-state index contributed by atoms with van der Waals surface area (Å²) in [4.78, 5) is 9.69. The molecular weight excluding hydrogens is 362 g/mol. The van der Waals surface area contributed by atoms with Gasteiger partial charge in [-0.2, -0.15) is 0 Å². The molecule has 0 aromatic heterocycles. The third kappa shape index (κ3) is 5.86. The van der Waals surface area contributed by atoms with Gasteiger partial charge in [0, 0.05) is 25.7 Å². The maximum Gasteiger partial charge on any atom is 0.191 e. The summed E-state index contributed by atoms with van der Waals surface area (Å²) in [7, 11) is 5.83. The van der Waals surface area contributed by atoms with Gasteiger partial charge in [-0.15, -0.1) is 0 Å². The highest BCUT2D eigenvalue weighted by Gasteiger charge is 2.39. The predicted molar refractivity (Wildman–Crippen MR) is 121 cm³/mol. The number of guanidine groups is 1. The predicted octanol–water partition coefficient (Wildman–Crippen LogP) is 2.35. The Morgan fingerprint density at radius 3 is 2.48 bits per heavy atom. The molecule has 2 N–H and O–H groups in total. The van der Waals surface area contributed by atoms with Crippen LogP contribution in [0.5, 0.6) is 5.75 Å². The van der Waals surface area contributed by atoms with Gasteiger partial charge in [0.15, 0.2) is 5.96 Å². The molecule has 2 heterocycles. The fourth-order valence-corrected chi connectivity index (χ4v) is 4.70. The van der Waals surface area contributed by atoms with Gasteiger partial charge in [-0.1, -0.05) is 24.6 Å². The van der Waals surface area contributed by atoms with Crippen LogP contribution in [0.1, 0.15) is 37.7 Å². The molecule has 0 aliphatic carbocycles. The number of para-hydroxylation sites is 1. The van der Waals surface area contributed by atoms with E-state index in [0.29, 0.717) is 0 Å². The van der Waals surface area contributed by atoms with E-state index in [1.54, 1.807) is 7.11 Å². The van der Waals surface area contributed by atoms with Gasteiger partial charge in [-0.05, 0) is 77.0 Å². The van der Waals surface area contributed by atoms with Gasteiger partial charge in [0.1, 0.15) is 5.75 Å². The molecule has 0 unspecified atom stereocenters. The fraction of sp³-hybridized carbons (Fsp3) is 0.696. The lowest BCUT2D eigenvalue weighted by Gasteiger charge is -2.50. The maximum atomic E-state index is 5.46. The summed E-state index contributed by atoms with van der Waals surface area (Å²) in [6, 6.07) is 8.22. The first-order valence-corrected chi connectivity index (χ1v) is 11.2. The molecule has 29 heavy (non-hydrogen) atoms. The minimum atomic E-state index is 0.257. The Balaban J connectivity index is 1.54. The third-order valence-corrected chi connectivity index (χ3v) is 6.63. The van der Waals surface area contributed by atoms with E-state index in [0.717, 1.165) is 31.2 Å². The number of hydrogen-bond acceptors (Lipinski definition) is 4. The molecule has 0 atom stereocenters. The van der Waals surface area contributed by atoms with Crippen molar-refractivity contribution in [3.63, 3.8) is 0 Å². The zero-order valence-corrected chi connectivity index (χ0v) is 18.5. The summed E-state index contributed by atoms with van der Waals surface area (Å²) in [5, 5.41) is 7.15. The Hall–Kier alpha value is -1.79. The largest absolute Gasteiger partial charge is 0.496 e. The average molecular weight is 402 g/mol. The molecule has 0 spiro atoms. The number of aliphatic imine (C=N–C) groups is 1. The summed E-state index contributed by atoms with van der Waals surface area (Å²) in [6.45, 7) is 6.64. The number of likely N-dealkylation sites (tertiary alicyclic amines) is 2. The Kier molecular flexibility index (Phi) is 8.19. The van der Waals surface area contributed by atoms with Gasteiger partial charge in [0.05, 0.1) is 7.11 Å². The minimum absolute atomic E-state index is 0.257. The van der Waals surface area contributed by atoms with Crippen molar-refractivity contribution in [2.45, 2.75) is 44.1 Å². The molecule has 2 saturated heterocycles. The van der Waals surface area contributed by atoms with Gasteiger partial charge in [-0.3, -0.25) is 9.89 Å². The number of hydrogen-bond donors (Lipinski definition) is 2. The van der Waals surface area contributed by atoms with Crippen molar-refractivity contribution in [3.05, 3.63) is 29.8 Å². The van der Waals surface area contributed by atoms with Crippen LogP contribution in [0, 0.1) is 0 Å². The molecule has 0 radical (unpaired) electrons. The van der Waals surface area contributed by atoms with Crippen molar-refractivity contribution in [2.24, 2.45) is 4.99 Å². The van der Waals surface area contributed by atoms with Crippen molar-refractivity contribution in [1.82, 2.24) is 20.4 Å². The first kappa shape index (κ1) is 21.9. The second-order valence-corrected chi connectivity index (χ2v) is 8.49. The highest BCUT2D eigenvalue weighted by atomic mass is 16.5. The van der Waals surface area contributed by atoms with Gasteiger partial charge >= 0.3 is 0 Å². The molecule has 0 bridgehead atoms. The molecule has 0 saturated carbocycles. The molecule has 0 amide bonds. The Labute approximate surface area is 176 Å². The normalized spacial score (nSPS) is 21.0. The number of benzene rings is 1. The molecule has 2 aliphatic heterocycles. The van der Waals surface area contributed by atoms with Crippen LogP contribution < -0.4 is 15.4 Å². The van der Waals surface area contributed by atoms with Crippen LogP contribution in [-0.2, 0) is 6.42 Å². The summed E-state index contributed by atoms with van der Waals surface area (Å²) in [5.74, 6) is 1.85. The molecule has 162 valence electrons. The van der Waals surface area contributed by atoms with E-state index in [2.05, 4.69) is 44.6 Å². The summed E-state index contributed by atoms with van der Waals surface area (Å²) >= 11 is 0. The van der Waals surface area contributed by atoms with Crippen molar-refractivity contribution in [1.29, 1.82) is 0 Å². The number of methoxy groups -OCH3 is 1. The standard InChI is InChI=1S/C23H39N5O/c1-24-22(25-14-11-20-9-5-6-10-21(20)29-3)26-19-23(12-17-27(2)18-13-23)28-15-7-4-8-16-28/h5-6,9-10H,4,7-8,11-19H2,1-3H3,(H2,24,25,26). The quantitative estimate of drug-likeness (QED) is 0.543. The van der Waals surface area contributed by atoms with Crippen LogP contribution in [0.4, 0.5) is 0 Å². The second kappa shape index (κ2) is 10.8. The lowest BCUT2D eigenvalue weighted by Crippen LogP contribution is -2.62. The SMILES string of the molecule is CN=C(NCCc1ccccc1OC)NCC1(N2CCCCC2)CCN(C)CC1. The van der Waals surface area contributed by atoms with Crippen molar-refractivity contribution < 1.29 is 4.74 Å². The number of piperidine rings is 2. The zero-order valence-electron chi connectivity index (χ0n) is 18.5. The van der Waals surface area contributed by atoms with Crippen molar-refractivity contribution in [2.75, 3.05) is 60.5 Å². The topological polar surface area (TPSA) is 52.1 Å². The highest BCUT2D eigenvalue weighted by Crippen LogP contribution is 2.30. The summed E-state index contributed by atoms with van der Waals surface area (Å²) in [5.41, 5.74) is 1.48. The average Bonchev–Trinajstić information content (AvgIpc) is 2.78. The number of rotatable bonds is 7. The van der Waals surface area contributed by atoms with E-state index < -0.39 is 0 Å². The lowest BCUT2D eigenvalue weighted by molar-refractivity contribution is 0.0173. The van der Waals surface area contributed by atoms with Crippen molar-refractivity contribution >= 4 is 5.96 Å². The molecular formula is C23H39N5O. The first-order valence-electron chi connectivity index (χ1n) is 11.2. The number of nitrogens with zero attached hydrogens (tertiary/aromatic N) is 3. The van der Waals surface area contributed by atoms with Crippen LogP contribution in [0.15, 0.2) is 29.3 Å². The number of nitrogens with one attached hydrogen (secondary N) is 2. The minimum Gasteiger partial charge on any atom is -0.496 e. The van der Waals surface area contributed by atoms with Crippen LogP contribution in [0.2, 0.25) is 0 Å². The molecule has 3 rings (SSSR count). The molecule has 2 aliphatic rings. The van der Waals surface area contributed by atoms with E-state index in [1.165, 1.54) is 63.8 Å². The van der Waals surface area contributed by atoms with Crippen LogP contribution in [-0.4, -0.2) is 81.8 Å². The zero-order chi connectivity index (χ0) is 20.5. The van der Waals surface area contributed by atoms with E-state index in [4.69, 9.17) is 4.74 Å². The van der Waals surface area contributed by atoms with E-state index in [9.17, 15) is 0 Å². The maximum absolute atomic E-state index is 5.46. The Morgan fingerprint density at radius 2 is 1.79 bits per heavy atom. The summed E-state index contributed by atoms with van der Waals surface area (Å²) in [6.07, 6.45) is 7.43. The molecule has 1 aromatic rings. The Bertz CT molecular complexity index is 648.